The van der Waals surface area contributed by atoms with Gasteiger partial charge in [-0.2, -0.15) is 5.10 Å². The Morgan fingerprint density at radius 1 is 1.06 bits per heavy atom. The summed E-state index contributed by atoms with van der Waals surface area (Å²) in [6.07, 6.45) is 3.77. The molecular weight excluding hydrogens is 481 g/mol. The lowest BCUT2D eigenvalue weighted by molar-refractivity contribution is 0.102. The molecular formula is C25H24FN7O2S. The Bertz CT molecular complexity index is 1400. The lowest BCUT2D eigenvalue weighted by atomic mass is 10.1. The van der Waals surface area contributed by atoms with Crippen molar-refractivity contribution in [3.05, 3.63) is 82.3 Å². The van der Waals surface area contributed by atoms with Gasteiger partial charge in [-0.25, -0.2) is 14.1 Å². The molecule has 11 heteroatoms. The molecule has 3 heterocycles. The van der Waals surface area contributed by atoms with Crippen LogP contribution in [0.4, 0.5) is 21.5 Å². The highest BCUT2D eigenvalue weighted by atomic mass is 32.1. The van der Waals surface area contributed by atoms with E-state index in [2.05, 4.69) is 31.3 Å². The monoisotopic (exact) mass is 505 g/mol. The van der Waals surface area contributed by atoms with Gasteiger partial charge in [-0.1, -0.05) is 0 Å². The Hall–Kier alpha value is -4.09. The Balaban J connectivity index is 1.21. The maximum Gasteiger partial charge on any atom is 0.265 e. The van der Waals surface area contributed by atoms with Gasteiger partial charge in [-0.3, -0.25) is 9.59 Å². The average Bonchev–Trinajstić information content (AvgIpc) is 3.64. The van der Waals surface area contributed by atoms with E-state index in [4.69, 9.17) is 0 Å². The van der Waals surface area contributed by atoms with E-state index in [0.717, 1.165) is 42.1 Å². The van der Waals surface area contributed by atoms with Crippen LogP contribution in [0.3, 0.4) is 0 Å². The van der Waals surface area contributed by atoms with E-state index in [1.807, 2.05) is 25.1 Å². The molecule has 1 fully saturated rings. The van der Waals surface area contributed by atoms with Crippen molar-refractivity contribution in [3.8, 4) is 5.69 Å². The lowest BCUT2D eigenvalue weighted by Crippen LogP contribution is -2.22. The molecule has 5 rings (SSSR count). The van der Waals surface area contributed by atoms with E-state index in [1.165, 1.54) is 29.5 Å². The summed E-state index contributed by atoms with van der Waals surface area (Å²) < 4.78 is 15.7. The predicted octanol–water partition coefficient (Wildman–Crippen LogP) is 4.05. The van der Waals surface area contributed by atoms with Crippen molar-refractivity contribution < 1.29 is 14.0 Å². The number of aryl methyl sites for hydroxylation is 1. The van der Waals surface area contributed by atoms with Crippen LogP contribution in [-0.4, -0.2) is 45.7 Å². The smallest absolute Gasteiger partial charge is 0.265 e. The molecule has 1 atom stereocenters. The summed E-state index contributed by atoms with van der Waals surface area (Å²) in [6.45, 7) is 3.89. The number of carbonyl (C=O) groups is 2. The highest BCUT2D eigenvalue weighted by Gasteiger charge is 2.17. The quantitative estimate of drug-likeness (QED) is 0.301. The molecule has 0 unspecified atom stereocenters. The minimum absolute atomic E-state index is 0.218. The predicted molar refractivity (Wildman–Crippen MR) is 138 cm³/mol. The Morgan fingerprint density at radius 3 is 2.50 bits per heavy atom. The van der Waals surface area contributed by atoms with Crippen molar-refractivity contribution in [3.63, 3.8) is 0 Å². The van der Waals surface area contributed by atoms with Gasteiger partial charge in [0.2, 0.25) is 0 Å². The third-order valence-electron chi connectivity index (χ3n) is 5.83. The molecule has 0 bridgehead atoms. The second-order valence-corrected chi connectivity index (χ2v) is 9.53. The normalized spacial score (nSPS) is 15.0. The molecule has 9 nitrogen and oxygen atoms in total. The maximum atomic E-state index is 14.4. The van der Waals surface area contributed by atoms with Crippen LogP contribution in [0, 0.1) is 12.7 Å². The second-order valence-electron chi connectivity index (χ2n) is 8.44. The fourth-order valence-electron chi connectivity index (χ4n) is 3.97. The molecule has 184 valence electrons. The van der Waals surface area contributed by atoms with Crippen molar-refractivity contribution in [1.82, 2.24) is 20.1 Å². The number of amides is 2. The zero-order valence-electron chi connectivity index (χ0n) is 19.4. The van der Waals surface area contributed by atoms with Gasteiger partial charge in [-0.15, -0.1) is 11.3 Å². The van der Waals surface area contributed by atoms with Crippen LogP contribution >= 0.6 is 11.3 Å². The summed E-state index contributed by atoms with van der Waals surface area (Å²) in [7, 11) is 0. The zero-order valence-corrected chi connectivity index (χ0v) is 20.2. The molecule has 2 aromatic heterocycles. The summed E-state index contributed by atoms with van der Waals surface area (Å²) in [4.78, 5) is 30.0. The van der Waals surface area contributed by atoms with E-state index < -0.39 is 11.7 Å². The van der Waals surface area contributed by atoms with E-state index in [1.54, 1.807) is 18.2 Å². The fraction of sp³-hybridized carbons (Fsp3) is 0.200. The SMILES string of the molecule is Cc1cc(N[C@H]2CCNC2)ccc1NC(=O)c1ccc(C(=O)Nc2ccc(-n3cncn3)c(F)c2)s1. The van der Waals surface area contributed by atoms with Crippen LogP contribution < -0.4 is 21.3 Å². The van der Waals surface area contributed by atoms with Gasteiger partial charge in [0.1, 0.15) is 18.3 Å². The molecule has 4 N–H and O–H groups in total. The summed E-state index contributed by atoms with van der Waals surface area (Å²) in [5.41, 5.74) is 3.16. The third kappa shape index (κ3) is 5.26. The molecule has 4 aromatic rings. The molecule has 0 spiro atoms. The van der Waals surface area contributed by atoms with Gasteiger partial charge in [0.15, 0.2) is 5.82 Å². The van der Waals surface area contributed by atoms with Gasteiger partial charge >= 0.3 is 0 Å². The average molecular weight is 506 g/mol. The first-order chi connectivity index (χ1) is 17.5. The first-order valence-corrected chi connectivity index (χ1v) is 12.2. The van der Waals surface area contributed by atoms with E-state index >= 15 is 0 Å². The van der Waals surface area contributed by atoms with Crippen molar-refractivity contribution in [2.45, 2.75) is 19.4 Å². The number of nitrogens with one attached hydrogen (secondary N) is 4. The summed E-state index contributed by atoms with van der Waals surface area (Å²) in [6, 6.07) is 13.7. The van der Waals surface area contributed by atoms with Crippen molar-refractivity contribution in [2.24, 2.45) is 0 Å². The van der Waals surface area contributed by atoms with E-state index in [-0.39, 0.29) is 11.6 Å². The van der Waals surface area contributed by atoms with Crippen LogP contribution in [0.25, 0.3) is 5.69 Å². The van der Waals surface area contributed by atoms with Gasteiger partial charge in [0.25, 0.3) is 11.8 Å². The molecule has 0 aliphatic carbocycles. The van der Waals surface area contributed by atoms with Crippen LogP contribution in [0.2, 0.25) is 0 Å². The molecule has 1 aliphatic heterocycles. The van der Waals surface area contributed by atoms with Gasteiger partial charge in [0.05, 0.1) is 9.75 Å². The van der Waals surface area contributed by atoms with Crippen molar-refractivity contribution in [2.75, 3.05) is 29.0 Å². The Morgan fingerprint density at radius 2 is 1.83 bits per heavy atom. The number of hydrogen-bond donors (Lipinski definition) is 4. The Labute approximate surface area is 210 Å². The number of carbonyl (C=O) groups excluding carboxylic acids is 2. The van der Waals surface area contributed by atoms with E-state index in [9.17, 15) is 14.0 Å². The molecule has 0 saturated carbocycles. The fourth-order valence-corrected chi connectivity index (χ4v) is 4.77. The second kappa shape index (κ2) is 10.3. The molecule has 2 aromatic carbocycles. The number of anilines is 3. The first-order valence-electron chi connectivity index (χ1n) is 11.4. The minimum Gasteiger partial charge on any atom is -0.381 e. The number of nitrogens with zero attached hydrogens (tertiary/aromatic N) is 3. The molecule has 1 saturated heterocycles. The maximum absolute atomic E-state index is 14.4. The molecule has 36 heavy (non-hydrogen) atoms. The number of rotatable bonds is 7. The Kier molecular flexibility index (Phi) is 6.74. The highest BCUT2D eigenvalue weighted by Crippen LogP contribution is 2.25. The lowest BCUT2D eigenvalue weighted by Gasteiger charge is -2.15. The molecule has 0 radical (unpaired) electrons. The van der Waals surface area contributed by atoms with Crippen LogP contribution in [-0.2, 0) is 0 Å². The molecule has 1 aliphatic rings. The molecule has 2 amide bonds. The number of thiophene rings is 1. The number of hydrogen-bond acceptors (Lipinski definition) is 7. The largest absolute Gasteiger partial charge is 0.381 e. The van der Waals surface area contributed by atoms with Crippen LogP contribution in [0.1, 0.15) is 31.3 Å². The summed E-state index contributed by atoms with van der Waals surface area (Å²) >= 11 is 1.06. The highest BCUT2D eigenvalue weighted by molar-refractivity contribution is 7.16. The van der Waals surface area contributed by atoms with Crippen LogP contribution in [0.15, 0.2) is 61.2 Å². The van der Waals surface area contributed by atoms with Crippen molar-refractivity contribution in [1.29, 1.82) is 0 Å². The topological polar surface area (TPSA) is 113 Å². The van der Waals surface area contributed by atoms with Gasteiger partial charge in [-0.05, 0) is 74.0 Å². The van der Waals surface area contributed by atoms with Crippen molar-refractivity contribution >= 4 is 40.2 Å². The summed E-state index contributed by atoms with van der Waals surface area (Å²) in [5, 5.41) is 16.3. The number of benzene rings is 2. The van der Waals surface area contributed by atoms with E-state index in [0.29, 0.717) is 27.2 Å². The van der Waals surface area contributed by atoms with Crippen LogP contribution in [0.5, 0.6) is 0 Å². The number of aromatic nitrogens is 3. The minimum atomic E-state index is -0.555. The first kappa shape index (κ1) is 23.6. The zero-order chi connectivity index (χ0) is 25.1. The van der Waals surface area contributed by atoms with Gasteiger partial charge < -0.3 is 21.3 Å². The van der Waals surface area contributed by atoms with Gasteiger partial charge in [0, 0.05) is 29.6 Å². The number of halogens is 1. The standard InChI is InChI=1S/C25H24FN7O2S/c1-15-10-16(30-18-8-9-27-12-18)2-4-20(15)32-25(35)23-7-6-22(36-23)24(34)31-17-3-5-21(19(26)11-17)33-14-28-13-29-33/h2-7,10-11,13-14,18,27,30H,8-9,12H2,1H3,(H,31,34)(H,32,35)/t18-/m0/s1. The third-order valence-corrected chi connectivity index (χ3v) is 6.91. The summed E-state index contributed by atoms with van der Waals surface area (Å²) in [5.74, 6) is -1.29.